The molecule has 0 spiro atoms. The number of amides is 1. The molecule has 0 aliphatic rings. The van der Waals surface area contributed by atoms with Gasteiger partial charge in [-0.3, -0.25) is 4.79 Å². The fraction of sp³-hybridized carbons (Fsp3) is 0.250. The van der Waals surface area contributed by atoms with E-state index in [9.17, 15) is 4.79 Å². The molecule has 0 aliphatic heterocycles. The van der Waals surface area contributed by atoms with Crippen LogP contribution in [0.2, 0.25) is 5.02 Å². The molecule has 1 aromatic carbocycles. The maximum atomic E-state index is 13.2. The SMILES string of the molecule is CSCCN(C(=O)c1cccc(Cl)c1)C(C)c1ncnn1-c1ccc(C#N)cn1. The third-order valence-corrected chi connectivity index (χ3v) is 5.20. The molecule has 1 atom stereocenters. The van der Waals surface area contributed by atoms with E-state index in [0.29, 0.717) is 34.3 Å². The number of hydrogen-bond donors (Lipinski definition) is 0. The summed E-state index contributed by atoms with van der Waals surface area (Å²) >= 11 is 7.73. The van der Waals surface area contributed by atoms with E-state index >= 15 is 0 Å². The summed E-state index contributed by atoms with van der Waals surface area (Å²) in [5.74, 6) is 1.76. The van der Waals surface area contributed by atoms with Gasteiger partial charge in [-0.25, -0.2) is 9.97 Å². The van der Waals surface area contributed by atoms with Gasteiger partial charge in [-0.1, -0.05) is 17.7 Å². The summed E-state index contributed by atoms with van der Waals surface area (Å²) in [6.45, 7) is 2.45. The average molecular weight is 427 g/mol. The number of halogens is 1. The standard InChI is InChI=1S/C20H19ClN6OS/c1-14(19-24-13-25-27(19)18-7-6-15(11-22)12-23-18)26(8-9-29-2)20(28)16-4-3-5-17(21)10-16/h3-7,10,12-14H,8-9H2,1-2H3. The molecule has 1 amide bonds. The second kappa shape index (κ2) is 9.54. The first-order chi connectivity index (χ1) is 14.0. The van der Waals surface area contributed by atoms with E-state index in [1.54, 1.807) is 57.7 Å². The molecule has 0 saturated heterocycles. The Bertz CT molecular complexity index is 1030. The van der Waals surface area contributed by atoms with Crippen LogP contribution in [-0.4, -0.2) is 49.1 Å². The first-order valence-electron chi connectivity index (χ1n) is 8.87. The van der Waals surface area contributed by atoms with Crippen LogP contribution in [0.3, 0.4) is 0 Å². The number of pyridine rings is 1. The third kappa shape index (κ3) is 4.75. The molecule has 148 valence electrons. The molecule has 0 bridgehead atoms. The number of carbonyl (C=O) groups is 1. The molecule has 7 nitrogen and oxygen atoms in total. The van der Waals surface area contributed by atoms with Crippen molar-refractivity contribution in [2.75, 3.05) is 18.6 Å². The highest BCUT2D eigenvalue weighted by Gasteiger charge is 2.27. The third-order valence-electron chi connectivity index (χ3n) is 4.38. The topological polar surface area (TPSA) is 87.7 Å². The van der Waals surface area contributed by atoms with E-state index in [4.69, 9.17) is 16.9 Å². The lowest BCUT2D eigenvalue weighted by atomic mass is 10.1. The van der Waals surface area contributed by atoms with Crippen LogP contribution >= 0.6 is 23.4 Å². The summed E-state index contributed by atoms with van der Waals surface area (Å²) in [5, 5.41) is 13.7. The van der Waals surface area contributed by atoms with Crippen molar-refractivity contribution in [3.63, 3.8) is 0 Å². The van der Waals surface area contributed by atoms with Crippen LogP contribution in [-0.2, 0) is 0 Å². The van der Waals surface area contributed by atoms with Crippen molar-refractivity contribution in [2.24, 2.45) is 0 Å². The number of rotatable bonds is 7. The number of benzene rings is 1. The van der Waals surface area contributed by atoms with Crippen molar-refractivity contribution in [3.05, 3.63) is 70.9 Å². The average Bonchev–Trinajstić information content (AvgIpc) is 3.23. The Labute approximate surface area is 178 Å². The highest BCUT2D eigenvalue weighted by Crippen LogP contribution is 2.24. The molecule has 0 aliphatic carbocycles. The Hall–Kier alpha value is -2.89. The predicted molar refractivity (Wildman–Crippen MR) is 113 cm³/mol. The molecule has 2 aromatic heterocycles. The number of carbonyl (C=O) groups excluding carboxylic acids is 1. The lowest BCUT2D eigenvalue weighted by Crippen LogP contribution is -2.36. The summed E-state index contributed by atoms with van der Waals surface area (Å²) in [6.07, 6.45) is 4.91. The molecule has 3 aromatic rings. The summed E-state index contributed by atoms with van der Waals surface area (Å²) < 4.78 is 1.59. The van der Waals surface area contributed by atoms with E-state index in [1.807, 2.05) is 19.2 Å². The lowest BCUT2D eigenvalue weighted by molar-refractivity contribution is 0.0695. The van der Waals surface area contributed by atoms with Crippen LogP contribution in [0.25, 0.3) is 5.82 Å². The van der Waals surface area contributed by atoms with Crippen LogP contribution in [0.15, 0.2) is 48.9 Å². The van der Waals surface area contributed by atoms with Crippen LogP contribution < -0.4 is 0 Å². The van der Waals surface area contributed by atoms with Gasteiger partial charge in [-0.15, -0.1) is 0 Å². The zero-order valence-electron chi connectivity index (χ0n) is 16.0. The van der Waals surface area contributed by atoms with Gasteiger partial charge in [0.25, 0.3) is 5.91 Å². The van der Waals surface area contributed by atoms with Crippen molar-refractivity contribution < 1.29 is 4.79 Å². The first-order valence-corrected chi connectivity index (χ1v) is 10.6. The number of thioether (sulfide) groups is 1. The van der Waals surface area contributed by atoms with Crippen LogP contribution in [0.1, 0.15) is 34.7 Å². The molecule has 29 heavy (non-hydrogen) atoms. The summed E-state index contributed by atoms with van der Waals surface area (Å²) in [6, 6.07) is 12.0. The molecule has 2 heterocycles. The largest absolute Gasteiger partial charge is 0.328 e. The maximum absolute atomic E-state index is 13.2. The van der Waals surface area contributed by atoms with Crippen molar-refractivity contribution in [3.8, 4) is 11.9 Å². The molecule has 0 saturated carbocycles. The molecule has 0 N–H and O–H groups in total. The minimum Gasteiger partial charge on any atom is -0.328 e. The monoisotopic (exact) mass is 426 g/mol. The minimum absolute atomic E-state index is 0.128. The Morgan fingerprint density at radius 3 is 2.83 bits per heavy atom. The number of nitrogens with zero attached hydrogens (tertiary/aromatic N) is 6. The van der Waals surface area contributed by atoms with Crippen molar-refractivity contribution in [1.29, 1.82) is 5.26 Å². The second-order valence-corrected chi connectivity index (χ2v) is 7.65. The quantitative estimate of drug-likeness (QED) is 0.571. The molecule has 0 radical (unpaired) electrons. The van der Waals surface area contributed by atoms with Gasteiger partial charge in [0, 0.05) is 29.1 Å². The summed E-state index contributed by atoms with van der Waals surface area (Å²) in [7, 11) is 0. The fourth-order valence-corrected chi connectivity index (χ4v) is 3.45. The minimum atomic E-state index is -0.353. The van der Waals surface area contributed by atoms with E-state index in [2.05, 4.69) is 15.1 Å². The fourth-order valence-electron chi connectivity index (χ4n) is 2.88. The smallest absolute Gasteiger partial charge is 0.254 e. The summed E-state index contributed by atoms with van der Waals surface area (Å²) in [4.78, 5) is 23.6. The zero-order valence-corrected chi connectivity index (χ0v) is 17.6. The molecule has 9 heteroatoms. The number of hydrogen-bond acceptors (Lipinski definition) is 6. The highest BCUT2D eigenvalue weighted by molar-refractivity contribution is 7.98. The Morgan fingerprint density at radius 1 is 1.34 bits per heavy atom. The molecular formula is C20H19ClN6OS. The van der Waals surface area contributed by atoms with E-state index in [-0.39, 0.29) is 11.9 Å². The molecule has 1 unspecified atom stereocenters. The van der Waals surface area contributed by atoms with Gasteiger partial charge in [0.05, 0.1) is 11.6 Å². The molecular weight excluding hydrogens is 408 g/mol. The highest BCUT2D eigenvalue weighted by atomic mass is 35.5. The van der Waals surface area contributed by atoms with Gasteiger partial charge in [0.15, 0.2) is 11.6 Å². The van der Waals surface area contributed by atoms with E-state index in [0.717, 1.165) is 5.75 Å². The Balaban J connectivity index is 1.94. The van der Waals surface area contributed by atoms with Crippen molar-refractivity contribution in [2.45, 2.75) is 13.0 Å². The predicted octanol–water partition coefficient (Wildman–Crippen LogP) is 3.75. The normalized spacial score (nSPS) is 11.7. The zero-order chi connectivity index (χ0) is 20.8. The second-order valence-electron chi connectivity index (χ2n) is 6.22. The van der Waals surface area contributed by atoms with Crippen molar-refractivity contribution in [1.82, 2.24) is 24.6 Å². The Morgan fingerprint density at radius 2 is 2.17 bits per heavy atom. The molecule has 3 rings (SSSR count). The van der Waals surface area contributed by atoms with Crippen LogP contribution in [0.5, 0.6) is 0 Å². The number of aromatic nitrogens is 4. The van der Waals surface area contributed by atoms with Crippen LogP contribution in [0.4, 0.5) is 0 Å². The Kier molecular flexibility index (Phi) is 6.86. The van der Waals surface area contributed by atoms with Gasteiger partial charge < -0.3 is 4.90 Å². The number of nitriles is 1. The van der Waals surface area contributed by atoms with Gasteiger partial charge in [0.1, 0.15) is 12.4 Å². The van der Waals surface area contributed by atoms with Crippen molar-refractivity contribution >= 4 is 29.3 Å². The van der Waals surface area contributed by atoms with E-state index in [1.165, 1.54) is 12.5 Å². The molecule has 0 fully saturated rings. The van der Waals surface area contributed by atoms with Crippen LogP contribution in [0, 0.1) is 11.3 Å². The van der Waals surface area contributed by atoms with Gasteiger partial charge >= 0.3 is 0 Å². The first kappa shape index (κ1) is 20.8. The lowest BCUT2D eigenvalue weighted by Gasteiger charge is -2.29. The van der Waals surface area contributed by atoms with Gasteiger partial charge in [0.2, 0.25) is 0 Å². The van der Waals surface area contributed by atoms with Gasteiger partial charge in [-0.05, 0) is 43.5 Å². The van der Waals surface area contributed by atoms with Gasteiger partial charge in [-0.2, -0.15) is 26.8 Å². The summed E-state index contributed by atoms with van der Waals surface area (Å²) in [5.41, 5.74) is 0.981. The van der Waals surface area contributed by atoms with E-state index < -0.39 is 0 Å². The maximum Gasteiger partial charge on any atom is 0.254 e.